The van der Waals surface area contributed by atoms with Gasteiger partial charge in [-0.2, -0.15) is 13.2 Å². The molecule has 4 aliphatic carbocycles. The molecule has 4 saturated carbocycles. The molecule has 2 amide bonds. The maximum absolute atomic E-state index is 12.1. The quantitative estimate of drug-likeness (QED) is 0.743. The third-order valence-corrected chi connectivity index (χ3v) is 6.13. The Balaban J connectivity index is 1.52. The zero-order valence-corrected chi connectivity index (χ0v) is 14.4. The lowest BCUT2D eigenvalue weighted by atomic mass is 9.48. The third kappa shape index (κ3) is 4.36. The molecular weight excluding hydrogens is 333 g/mol. The molecule has 25 heavy (non-hydrogen) atoms. The number of hydrogen-bond donors (Lipinski definition) is 2. The maximum Gasteiger partial charge on any atom is 0.405 e. The van der Waals surface area contributed by atoms with Crippen LogP contribution >= 0.6 is 0 Å². The summed E-state index contributed by atoms with van der Waals surface area (Å²) < 4.78 is 36.1. The molecule has 4 bridgehead atoms. The van der Waals surface area contributed by atoms with Crippen LogP contribution in [0.3, 0.4) is 0 Å². The molecule has 0 radical (unpaired) electrons. The summed E-state index contributed by atoms with van der Waals surface area (Å²) in [6, 6.07) is 0. The fourth-order valence-corrected chi connectivity index (χ4v) is 5.42. The van der Waals surface area contributed by atoms with Gasteiger partial charge < -0.3 is 10.6 Å². The fourth-order valence-electron chi connectivity index (χ4n) is 5.42. The van der Waals surface area contributed by atoms with Gasteiger partial charge in [0.05, 0.1) is 6.54 Å². The second kappa shape index (κ2) is 6.65. The molecule has 4 rings (SSSR count). The average molecular weight is 358 g/mol. The van der Waals surface area contributed by atoms with E-state index >= 15 is 0 Å². The van der Waals surface area contributed by atoms with Crippen molar-refractivity contribution in [2.75, 3.05) is 13.1 Å². The van der Waals surface area contributed by atoms with E-state index in [1.54, 1.807) is 11.4 Å². The van der Waals surface area contributed by atoms with Crippen molar-refractivity contribution in [2.24, 2.45) is 23.2 Å². The zero-order valence-electron chi connectivity index (χ0n) is 14.4. The first-order valence-electron chi connectivity index (χ1n) is 8.95. The van der Waals surface area contributed by atoms with Crippen LogP contribution in [0.2, 0.25) is 0 Å². The predicted octanol–water partition coefficient (Wildman–Crippen LogP) is 2.94. The Morgan fingerprint density at radius 2 is 1.56 bits per heavy atom. The van der Waals surface area contributed by atoms with Crippen LogP contribution in [0.1, 0.15) is 45.4 Å². The number of halogens is 3. The van der Waals surface area contributed by atoms with Crippen molar-refractivity contribution >= 4 is 11.8 Å². The molecule has 0 saturated heterocycles. The highest BCUT2D eigenvalue weighted by Crippen LogP contribution is 2.62. The van der Waals surface area contributed by atoms with Crippen LogP contribution in [0, 0.1) is 23.2 Å². The smallest absolute Gasteiger partial charge is 0.345 e. The first-order valence-corrected chi connectivity index (χ1v) is 8.95. The van der Waals surface area contributed by atoms with Crippen LogP contribution in [0.5, 0.6) is 0 Å². The van der Waals surface area contributed by atoms with E-state index in [-0.39, 0.29) is 5.41 Å². The molecule has 0 aliphatic heterocycles. The van der Waals surface area contributed by atoms with E-state index in [0.717, 1.165) is 42.6 Å². The molecular formula is C18H25F3N2O2. The Hall–Kier alpha value is -1.53. The Labute approximate surface area is 145 Å². The molecule has 0 spiro atoms. The van der Waals surface area contributed by atoms with Crippen molar-refractivity contribution in [1.82, 2.24) is 10.6 Å². The second-order valence-electron chi connectivity index (χ2n) is 8.13. The highest BCUT2D eigenvalue weighted by molar-refractivity contribution is 5.91. The summed E-state index contributed by atoms with van der Waals surface area (Å²) in [5.41, 5.74) is 1.17. The fraction of sp³-hybridized carbons (Fsp3) is 0.778. The van der Waals surface area contributed by atoms with Gasteiger partial charge in [0.1, 0.15) is 6.54 Å². The van der Waals surface area contributed by atoms with Gasteiger partial charge in [-0.15, -0.1) is 0 Å². The molecule has 0 aromatic carbocycles. The third-order valence-electron chi connectivity index (χ3n) is 6.13. The number of allylic oxidation sites excluding steroid dienone is 1. The molecule has 0 heterocycles. The number of hydrogen-bond acceptors (Lipinski definition) is 2. The molecule has 0 aromatic heterocycles. The SMILES string of the molecule is C/C(=C\C(=O)NCC(=O)NCC(F)(F)F)C12CC3CC(CC(C3)C1)C2. The first kappa shape index (κ1) is 18.3. The Kier molecular flexibility index (Phi) is 4.86. The Bertz CT molecular complexity index is 548. The average Bonchev–Trinajstić information content (AvgIpc) is 2.49. The van der Waals surface area contributed by atoms with Crippen molar-refractivity contribution in [3.8, 4) is 0 Å². The zero-order chi connectivity index (χ0) is 18.2. The first-order chi connectivity index (χ1) is 11.7. The molecule has 7 heteroatoms. The molecule has 140 valence electrons. The number of rotatable bonds is 5. The summed E-state index contributed by atoms with van der Waals surface area (Å²) in [6.07, 6.45) is 4.47. The Morgan fingerprint density at radius 1 is 1.04 bits per heavy atom. The minimum Gasteiger partial charge on any atom is -0.345 e. The van der Waals surface area contributed by atoms with Crippen LogP contribution < -0.4 is 10.6 Å². The number of alkyl halides is 3. The van der Waals surface area contributed by atoms with Gasteiger partial charge in [0.2, 0.25) is 11.8 Å². The van der Waals surface area contributed by atoms with Gasteiger partial charge in [0, 0.05) is 6.08 Å². The summed E-state index contributed by atoms with van der Waals surface area (Å²) in [7, 11) is 0. The molecule has 0 aromatic rings. The maximum atomic E-state index is 12.1. The van der Waals surface area contributed by atoms with Gasteiger partial charge in [-0.25, -0.2) is 0 Å². The molecule has 0 atom stereocenters. The summed E-state index contributed by atoms with van der Waals surface area (Å²) in [6.45, 7) is 0.153. The number of carbonyl (C=O) groups excluding carboxylic acids is 2. The van der Waals surface area contributed by atoms with E-state index in [1.807, 2.05) is 6.92 Å². The summed E-state index contributed by atoms with van der Waals surface area (Å²) in [5.74, 6) is 1.06. The molecule has 4 nitrogen and oxygen atoms in total. The predicted molar refractivity (Wildman–Crippen MR) is 86.4 cm³/mol. The summed E-state index contributed by atoms with van der Waals surface area (Å²) in [4.78, 5) is 23.4. The largest absolute Gasteiger partial charge is 0.405 e. The van der Waals surface area contributed by atoms with E-state index in [0.29, 0.717) is 0 Å². The monoisotopic (exact) mass is 358 g/mol. The lowest BCUT2D eigenvalue weighted by Gasteiger charge is -2.57. The second-order valence-corrected chi connectivity index (χ2v) is 8.13. The molecule has 0 unspecified atom stereocenters. The molecule has 4 aliphatic rings. The van der Waals surface area contributed by atoms with E-state index < -0.39 is 31.1 Å². The molecule has 2 N–H and O–H groups in total. The van der Waals surface area contributed by atoms with Crippen molar-refractivity contribution in [2.45, 2.75) is 51.6 Å². The van der Waals surface area contributed by atoms with Crippen LogP contribution in [-0.4, -0.2) is 31.1 Å². The topological polar surface area (TPSA) is 58.2 Å². The summed E-state index contributed by atoms with van der Waals surface area (Å²) >= 11 is 0. The van der Waals surface area contributed by atoms with E-state index in [1.165, 1.54) is 19.3 Å². The van der Waals surface area contributed by atoms with E-state index in [4.69, 9.17) is 0 Å². The minimum absolute atomic E-state index is 0.116. The van der Waals surface area contributed by atoms with Crippen molar-refractivity contribution in [3.05, 3.63) is 11.6 Å². The normalized spacial score (nSPS) is 34.1. The van der Waals surface area contributed by atoms with Crippen LogP contribution in [0.4, 0.5) is 13.2 Å². The Morgan fingerprint density at radius 3 is 2.04 bits per heavy atom. The highest BCUT2D eigenvalue weighted by atomic mass is 19.4. The van der Waals surface area contributed by atoms with Gasteiger partial charge in [0.25, 0.3) is 0 Å². The number of amides is 2. The minimum atomic E-state index is -4.45. The van der Waals surface area contributed by atoms with Gasteiger partial charge in [-0.05, 0) is 68.6 Å². The lowest BCUT2D eigenvalue weighted by molar-refractivity contribution is -0.138. The highest BCUT2D eigenvalue weighted by Gasteiger charge is 2.51. The van der Waals surface area contributed by atoms with Crippen LogP contribution in [0.15, 0.2) is 11.6 Å². The van der Waals surface area contributed by atoms with Gasteiger partial charge >= 0.3 is 6.18 Å². The van der Waals surface area contributed by atoms with Gasteiger partial charge in [0.15, 0.2) is 0 Å². The lowest BCUT2D eigenvalue weighted by Crippen LogP contribution is -2.47. The molecule has 4 fully saturated rings. The number of carbonyl (C=O) groups is 2. The van der Waals surface area contributed by atoms with Crippen LogP contribution in [-0.2, 0) is 9.59 Å². The summed E-state index contributed by atoms with van der Waals surface area (Å²) in [5, 5.41) is 4.13. The van der Waals surface area contributed by atoms with E-state index in [2.05, 4.69) is 5.32 Å². The van der Waals surface area contributed by atoms with Crippen LogP contribution in [0.25, 0.3) is 0 Å². The van der Waals surface area contributed by atoms with Gasteiger partial charge in [-0.1, -0.05) is 5.57 Å². The van der Waals surface area contributed by atoms with E-state index in [9.17, 15) is 22.8 Å². The number of nitrogens with one attached hydrogen (secondary N) is 2. The van der Waals surface area contributed by atoms with Crippen molar-refractivity contribution < 1.29 is 22.8 Å². The van der Waals surface area contributed by atoms with Crippen molar-refractivity contribution in [1.29, 1.82) is 0 Å². The van der Waals surface area contributed by atoms with Gasteiger partial charge in [-0.3, -0.25) is 9.59 Å². The van der Waals surface area contributed by atoms with Crippen molar-refractivity contribution in [3.63, 3.8) is 0 Å². The standard InChI is InChI=1S/C18H25F3N2O2/c1-11(2-15(24)22-9-16(25)23-10-18(19,20)21)17-6-12-3-13(7-17)5-14(4-12)8-17/h2,12-14H,3-10H2,1H3,(H,22,24)(H,23,25)/b11-2+.